The number of thioether (sulfide) groups is 1. The Morgan fingerprint density at radius 1 is 1.29 bits per heavy atom. The minimum Gasteiger partial charge on any atom is -0.378 e. The van der Waals surface area contributed by atoms with Crippen molar-refractivity contribution in [2.24, 2.45) is 5.92 Å². The zero-order valence-corrected chi connectivity index (χ0v) is 19.9. The summed E-state index contributed by atoms with van der Waals surface area (Å²) in [7, 11) is 1.69. The lowest BCUT2D eigenvalue weighted by molar-refractivity contribution is 0.0949. The van der Waals surface area contributed by atoms with Crippen LogP contribution in [0.5, 0.6) is 0 Å². The van der Waals surface area contributed by atoms with E-state index in [0.717, 1.165) is 28.8 Å². The average molecular weight is 443 g/mol. The van der Waals surface area contributed by atoms with Gasteiger partial charge in [-0.25, -0.2) is 9.97 Å². The van der Waals surface area contributed by atoms with Crippen molar-refractivity contribution in [2.45, 2.75) is 63.6 Å². The van der Waals surface area contributed by atoms with Crippen molar-refractivity contribution >= 4 is 23.5 Å². The molecule has 1 N–H and O–H groups in total. The predicted octanol–water partition coefficient (Wildman–Crippen LogP) is 4.68. The second kappa shape index (κ2) is 11.5. The van der Waals surface area contributed by atoms with Crippen molar-refractivity contribution in [1.82, 2.24) is 15.3 Å². The summed E-state index contributed by atoms with van der Waals surface area (Å²) in [6.07, 6.45) is 3.66. The number of rotatable bonds is 9. The quantitative estimate of drug-likeness (QED) is 0.449. The molecule has 1 fully saturated rings. The van der Waals surface area contributed by atoms with E-state index >= 15 is 0 Å². The highest BCUT2D eigenvalue weighted by atomic mass is 32.2. The number of methoxy groups -OCH3 is 1. The van der Waals surface area contributed by atoms with Gasteiger partial charge in [-0.15, -0.1) is 0 Å². The molecule has 1 aliphatic rings. The van der Waals surface area contributed by atoms with Crippen LogP contribution >= 0.6 is 11.8 Å². The van der Waals surface area contributed by atoms with Gasteiger partial charge in [0.1, 0.15) is 5.82 Å². The molecule has 3 rings (SSSR count). The molecule has 7 heteroatoms. The molecule has 1 saturated heterocycles. The van der Waals surface area contributed by atoms with Crippen LogP contribution in [0.4, 0.5) is 5.82 Å². The number of piperidine rings is 1. The Morgan fingerprint density at radius 3 is 2.87 bits per heavy atom. The van der Waals surface area contributed by atoms with Gasteiger partial charge in [-0.05, 0) is 49.8 Å². The van der Waals surface area contributed by atoms with Crippen LogP contribution < -0.4 is 10.2 Å². The molecule has 1 aromatic carbocycles. The van der Waals surface area contributed by atoms with E-state index in [1.807, 2.05) is 24.3 Å². The lowest BCUT2D eigenvalue weighted by atomic mass is 10.0. The van der Waals surface area contributed by atoms with Crippen molar-refractivity contribution in [1.29, 1.82) is 0 Å². The van der Waals surface area contributed by atoms with Gasteiger partial charge in [0.05, 0.1) is 12.3 Å². The minimum absolute atomic E-state index is 0.0275. The van der Waals surface area contributed by atoms with E-state index in [1.54, 1.807) is 18.9 Å². The van der Waals surface area contributed by atoms with Crippen LogP contribution in [0.2, 0.25) is 0 Å². The van der Waals surface area contributed by atoms with Crippen LogP contribution in [0.3, 0.4) is 0 Å². The number of nitrogens with one attached hydrogen (secondary N) is 1. The maximum atomic E-state index is 12.4. The highest BCUT2D eigenvalue weighted by molar-refractivity contribution is 7.98. The summed E-state index contributed by atoms with van der Waals surface area (Å²) in [6.45, 7) is 8.61. The van der Waals surface area contributed by atoms with Crippen molar-refractivity contribution in [3.05, 3.63) is 47.2 Å². The Labute approximate surface area is 190 Å². The molecule has 168 valence electrons. The van der Waals surface area contributed by atoms with Gasteiger partial charge in [0, 0.05) is 43.6 Å². The van der Waals surface area contributed by atoms with Crippen LogP contribution in [0, 0.1) is 5.92 Å². The average Bonchev–Trinajstić information content (AvgIpc) is 2.76. The third kappa shape index (κ3) is 6.94. The van der Waals surface area contributed by atoms with Gasteiger partial charge in [0.25, 0.3) is 5.91 Å². The van der Waals surface area contributed by atoms with Gasteiger partial charge in [-0.3, -0.25) is 4.79 Å². The van der Waals surface area contributed by atoms with Crippen LogP contribution in [0.1, 0.15) is 61.6 Å². The van der Waals surface area contributed by atoms with E-state index in [0.29, 0.717) is 36.4 Å². The molecule has 0 unspecified atom stereocenters. The number of benzene rings is 1. The summed E-state index contributed by atoms with van der Waals surface area (Å²) in [5, 5.41) is 3.73. The topological polar surface area (TPSA) is 67.3 Å². The molecule has 31 heavy (non-hydrogen) atoms. The first kappa shape index (κ1) is 23.5. The molecule has 1 atom stereocenters. The number of aromatic nitrogens is 2. The highest BCUT2D eigenvalue weighted by Gasteiger charge is 2.21. The molecular weight excluding hydrogens is 408 g/mol. The number of hydrogen-bond acceptors (Lipinski definition) is 6. The van der Waals surface area contributed by atoms with E-state index < -0.39 is 0 Å². The molecule has 0 bridgehead atoms. The third-order valence-corrected chi connectivity index (χ3v) is 6.28. The normalized spacial score (nSPS) is 16.5. The number of ether oxygens (including phenoxy) is 1. The molecule has 0 radical (unpaired) electrons. The first-order valence-corrected chi connectivity index (χ1v) is 12.1. The minimum atomic E-state index is -0.0275. The van der Waals surface area contributed by atoms with Crippen LogP contribution in [0.15, 0.2) is 35.5 Å². The first-order valence-electron chi connectivity index (χ1n) is 11.1. The number of anilines is 1. The van der Waals surface area contributed by atoms with Gasteiger partial charge in [0.2, 0.25) is 0 Å². The molecule has 0 spiro atoms. The summed E-state index contributed by atoms with van der Waals surface area (Å²) in [5.74, 6) is 2.09. The molecule has 1 aliphatic heterocycles. The second-order valence-electron chi connectivity index (χ2n) is 8.56. The fourth-order valence-electron chi connectivity index (χ4n) is 3.68. The fraction of sp³-hybridized carbons (Fsp3) is 0.542. The summed E-state index contributed by atoms with van der Waals surface area (Å²) < 4.78 is 5.33. The first-order chi connectivity index (χ1) is 15.0. The fourth-order valence-corrected chi connectivity index (χ4v) is 4.50. The lowest BCUT2D eigenvalue weighted by Crippen LogP contribution is -2.38. The van der Waals surface area contributed by atoms with Crippen molar-refractivity contribution < 1.29 is 9.53 Å². The number of hydrogen-bond donors (Lipinski definition) is 1. The molecule has 2 heterocycles. The number of amides is 1. The smallest absolute Gasteiger partial charge is 0.251 e. The van der Waals surface area contributed by atoms with Crippen LogP contribution in [-0.2, 0) is 17.1 Å². The van der Waals surface area contributed by atoms with Gasteiger partial charge in [-0.2, -0.15) is 0 Å². The Kier molecular flexibility index (Phi) is 8.72. The number of nitrogens with zero attached hydrogens (tertiary/aromatic N) is 3. The van der Waals surface area contributed by atoms with Crippen molar-refractivity contribution in [3.63, 3.8) is 0 Å². The summed E-state index contributed by atoms with van der Waals surface area (Å²) in [6, 6.07) is 10.3. The predicted molar refractivity (Wildman–Crippen MR) is 127 cm³/mol. The largest absolute Gasteiger partial charge is 0.378 e. The van der Waals surface area contributed by atoms with E-state index in [2.05, 4.69) is 42.0 Å². The van der Waals surface area contributed by atoms with Crippen molar-refractivity contribution in [3.8, 4) is 0 Å². The molecule has 6 nitrogen and oxygen atoms in total. The SMILES string of the molecule is COCc1cc(N2CCCC[C@H]2C)nc(SCc2cccc(C(=O)NCC(C)C)c2)n1. The number of carbonyl (C=O) groups excluding carboxylic acids is 1. The van der Waals surface area contributed by atoms with Crippen LogP contribution in [0.25, 0.3) is 0 Å². The molecule has 0 aliphatic carbocycles. The Bertz CT molecular complexity index is 874. The second-order valence-corrected chi connectivity index (χ2v) is 9.51. The molecule has 2 aromatic rings. The van der Waals surface area contributed by atoms with E-state index in [1.165, 1.54) is 19.3 Å². The Balaban J connectivity index is 1.72. The van der Waals surface area contributed by atoms with Crippen LogP contribution in [-0.4, -0.2) is 42.1 Å². The zero-order valence-electron chi connectivity index (χ0n) is 19.1. The Morgan fingerprint density at radius 2 is 2.13 bits per heavy atom. The van der Waals surface area contributed by atoms with Crippen molar-refractivity contribution in [2.75, 3.05) is 25.1 Å². The molecular formula is C24H34N4O2S. The van der Waals surface area contributed by atoms with E-state index in [9.17, 15) is 4.79 Å². The summed E-state index contributed by atoms with van der Waals surface area (Å²) in [5.41, 5.74) is 2.67. The van der Waals surface area contributed by atoms with Gasteiger partial charge >= 0.3 is 0 Å². The van der Waals surface area contributed by atoms with E-state index in [4.69, 9.17) is 9.72 Å². The monoisotopic (exact) mass is 442 g/mol. The zero-order chi connectivity index (χ0) is 22.2. The summed E-state index contributed by atoms with van der Waals surface area (Å²) >= 11 is 1.60. The molecule has 1 amide bonds. The standard InChI is InChI=1S/C24H34N4O2S/c1-17(2)14-25-23(29)20-10-7-9-19(12-20)16-31-24-26-21(15-30-4)13-22(27-24)28-11-6-5-8-18(28)3/h7,9-10,12-13,17-18H,5-6,8,11,14-16H2,1-4H3,(H,25,29)/t18-/m1/s1. The maximum absolute atomic E-state index is 12.4. The van der Waals surface area contributed by atoms with Gasteiger partial charge < -0.3 is 15.0 Å². The van der Waals surface area contributed by atoms with Gasteiger partial charge in [0.15, 0.2) is 5.16 Å². The Hall–Kier alpha value is -2.12. The van der Waals surface area contributed by atoms with Gasteiger partial charge in [-0.1, -0.05) is 37.7 Å². The highest BCUT2D eigenvalue weighted by Crippen LogP contribution is 2.27. The number of carbonyl (C=O) groups is 1. The van der Waals surface area contributed by atoms with E-state index in [-0.39, 0.29) is 5.91 Å². The maximum Gasteiger partial charge on any atom is 0.251 e. The molecule has 1 aromatic heterocycles. The lowest BCUT2D eigenvalue weighted by Gasteiger charge is -2.34. The summed E-state index contributed by atoms with van der Waals surface area (Å²) in [4.78, 5) is 24.3. The molecule has 0 saturated carbocycles. The third-order valence-electron chi connectivity index (χ3n) is 5.36.